The third-order valence-electron chi connectivity index (χ3n) is 4.41. The zero-order chi connectivity index (χ0) is 25.7. The van der Waals surface area contributed by atoms with E-state index in [1.807, 2.05) is 0 Å². The Kier molecular flexibility index (Phi) is 8.02. The van der Waals surface area contributed by atoms with Gasteiger partial charge in [-0.15, -0.1) is 0 Å². The fraction of sp³-hybridized carbons (Fsp3) is 0. The summed E-state index contributed by atoms with van der Waals surface area (Å²) in [5.41, 5.74) is -0.799. The van der Waals surface area contributed by atoms with E-state index < -0.39 is 21.7 Å². The fourth-order valence-corrected chi connectivity index (χ4v) is 3.60. The topological polar surface area (TPSA) is 144 Å². The van der Waals surface area contributed by atoms with Gasteiger partial charge in [-0.3, -0.25) is 29.8 Å². The van der Waals surface area contributed by atoms with Crippen LogP contribution >= 0.6 is 34.8 Å². The third-order valence-corrected chi connectivity index (χ3v) is 5.18. The van der Waals surface area contributed by atoms with Gasteiger partial charge in [0.25, 0.3) is 23.2 Å². The van der Waals surface area contributed by atoms with E-state index in [9.17, 15) is 29.8 Å². The lowest BCUT2D eigenvalue weighted by Gasteiger charge is -2.12. The van der Waals surface area contributed by atoms with Crippen LogP contribution in [0.15, 0.2) is 66.4 Å². The molecule has 35 heavy (non-hydrogen) atoms. The predicted octanol–water partition coefficient (Wildman–Crippen LogP) is 5.87. The van der Waals surface area contributed by atoms with Crippen molar-refractivity contribution in [3.63, 3.8) is 0 Å². The number of nitro groups is 2. The molecule has 0 heterocycles. The lowest BCUT2D eigenvalue weighted by atomic mass is 10.1. The summed E-state index contributed by atoms with van der Waals surface area (Å²) < 4.78 is 0. The molecule has 0 aliphatic heterocycles. The van der Waals surface area contributed by atoms with Gasteiger partial charge in [-0.1, -0.05) is 46.9 Å². The van der Waals surface area contributed by atoms with Crippen LogP contribution < -0.4 is 10.6 Å². The van der Waals surface area contributed by atoms with Crippen molar-refractivity contribution in [2.75, 3.05) is 5.32 Å². The molecule has 3 aromatic carbocycles. The van der Waals surface area contributed by atoms with Crippen LogP contribution in [-0.4, -0.2) is 21.7 Å². The van der Waals surface area contributed by atoms with E-state index in [1.54, 1.807) is 0 Å². The van der Waals surface area contributed by atoms with Crippen LogP contribution in [0.3, 0.4) is 0 Å². The molecule has 0 radical (unpaired) electrons. The molecule has 0 aromatic heterocycles. The van der Waals surface area contributed by atoms with Crippen LogP contribution in [0.25, 0.3) is 6.08 Å². The van der Waals surface area contributed by atoms with Crippen LogP contribution in [0.5, 0.6) is 0 Å². The first-order valence-corrected chi connectivity index (χ1v) is 10.7. The van der Waals surface area contributed by atoms with Crippen molar-refractivity contribution < 1.29 is 19.4 Å². The molecule has 10 nitrogen and oxygen atoms in total. The van der Waals surface area contributed by atoms with Crippen molar-refractivity contribution in [3.05, 3.63) is 113 Å². The summed E-state index contributed by atoms with van der Waals surface area (Å²) in [7, 11) is 0. The molecule has 0 bridgehead atoms. The van der Waals surface area contributed by atoms with Gasteiger partial charge in [0.1, 0.15) is 5.70 Å². The number of carbonyl (C=O) groups is 2. The number of benzene rings is 3. The summed E-state index contributed by atoms with van der Waals surface area (Å²) in [5.74, 6) is -1.75. The van der Waals surface area contributed by atoms with E-state index in [0.717, 1.165) is 12.1 Å². The number of nitrogens with zero attached hydrogens (tertiary/aromatic N) is 2. The van der Waals surface area contributed by atoms with Gasteiger partial charge < -0.3 is 10.6 Å². The summed E-state index contributed by atoms with van der Waals surface area (Å²) in [4.78, 5) is 46.8. The smallest absolute Gasteiger partial charge is 0.272 e. The Balaban J connectivity index is 2.00. The molecule has 178 valence electrons. The SMILES string of the molecule is O=C(Nc1cc(Cl)cc(Cl)c1)C(=Cc1cccc([N+](=O)[O-])c1)NC(=O)c1cc([N+](=O)[O-])ccc1Cl. The minimum Gasteiger partial charge on any atom is -0.321 e. The Hall–Kier alpha value is -3.99. The molecule has 0 spiro atoms. The Morgan fingerprint density at radius 1 is 0.829 bits per heavy atom. The van der Waals surface area contributed by atoms with E-state index in [4.69, 9.17) is 34.8 Å². The highest BCUT2D eigenvalue weighted by Crippen LogP contribution is 2.25. The van der Waals surface area contributed by atoms with Crippen molar-refractivity contribution in [1.82, 2.24) is 5.32 Å². The van der Waals surface area contributed by atoms with Gasteiger partial charge in [-0.25, -0.2) is 0 Å². The molecule has 0 saturated carbocycles. The molecule has 0 saturated heterocycles. The highest BCUT2D eigenvalue weighted by Gasteiger charge is 2.20. The average molecular weight is 536 g/mol. The zero-order valence-electron chi connectivity index (χ0n) is 17.3. The number of nitro benzene ring substituents is 2. The Labute approximate surface area is 212 Å². The van der Waals surface area contributed by atoms with Crippen LogP contribution in [-0.2, 0) is 4.79 Å². The van der Waals surface area contributed by atoms with E-state index in [1.165, 1.54) is 54.6 Å². The van der Waals surface area contributed by atoms with E-state index in [0.29, 0.717) is 0 Å². The molecule has 2 amide bonds. The molecule has 13 heteroatoms. The van der Waals surface area contributed by atoms with Crippen molar-refractivity contribution in [3.8, 4) is 0 Å². The van der Waals surface area contributed by atoms with Crippen molar-refractivity contribution in [1.29, 1.82) is 0 Å². The van der Waals surface area contributed by atoms with Crippen LogP contribution in [0, 0.1) is 20.2 Å². The number of nitrogens with one attached hydrogen (secondary N) is 2. The maximum atomic E-state index is 13.0. The third kappa shape index (κ3) is 6.76. The standard InChI is InChI=1S/C22H13Cl3N4O6/c23-13-8-14(24)10-15(9-13)26-22(31)20(7-12-2-1-3-16(6-12)28(32)33)27-21(30)18-11-17(29(34)35)4-5-19(18)25/h1-11H,(H,26,31)(H,27,30). The number of carbonyl (C=O) groups excluding carboxylic acids is 2. The molecular formula is C22H13Cl3N4O6. The van der Waals surface area contributed by atoms with Gasteiger partial charge in [-0.2, -0.15) is 0 Å². The van der Waals surface area contributed by atoms with Gasteiger partial charge >= 0.3 is 0 Å². The lowest BCUT2D eigenvalue weighted by Crippen LogP contribution is -2.31. The van der Waals surface area contributed by atoms with Gasteiger partial charge in [0.15, 0.2) is 0 Å². The number of non-ortho nitro benzene ring substituents is 2. The monoisotopic (exact) mass is 534 g/mol. The zero-order valence-corrected chi connectivity index (χ0v) is 19.6. The molecule has 0 unspecified atom stereocenters. The van der Waals surface area contributed by atoms with Crippen molar-refractivity contribution >= 4 is 69.8 Å². The Bertz CT molecular complexity index is 1370. The Morgan fingerprint density at radius 3 is 2.09 bits per heavy atom. The van der Waals surface area contributed by atoms with Crippen molar-refractivity contribution in [2.45, 2.75) is 0 Å². The fourth-order valence-electron chi connectivity index (χ4n) is 2.87. The Morgan fingerprint density at radius 2 is 1.46 bits per heavy atom. The second kappa shape index (κ2) is 11.0. The molecule has 3 aromatic rings. The molecule has 3 rings (SSSR count). The average Bonchev–Trinajstić information content (AvgIpc) is 2.78. The number of halogens is 3. The second-order valence-corrected chi connectivity index (χ2v) is 8.18. The first-order chi connectivity index (χ1) is 16.5. The number of rotatable bonds is 7. The molecule has 0 atom stereocenters. The van der Waals surface area contributed by atoms with Crippen LogP contribution in [0.4, 0.5) is 17.1 Å². The normalized spacial score (nSPS) is 11.0. The highest BCUT2D eigenvalue weighted by atomic mass is 35.5. The van der Waals surface area contributed by atoms with Gasteiger partial charge in [0, 0.05) is 40.0 Å². The van der Waals surface area contributed by atoms with E-state index in [2.05, 4.69) is 10.6 Å². The number of amides is 2. The summed E-state index contributed by atoms with van der Waals surface area (Å²) in [6.07, 6.45) is 1.19. The molecular weight excluding hydrogens is 523 g/mol. The van der Waals surface area contributed by atoms with E-state index >= 15 is 0 Å². The maximum Gasteiger partial charge on any atom is 0.272 e. The summed E-state index contributed by atoms with van der Waals surface area (Å²) >= 11 is 17.9. The number of hydrogen-bond donors (Lipinski definition) is 2. The minimum atomic E-state index is -0.922. The second-order valence-electron chi connectivity index (χ2n) is 6.90. The minimum absolute atomic E-state index is 0.0927. The van der Waals surface area contributed by atoms with Crippen LogP contribution in [0.2, 0.25) is 15.1 Å². The van der Waals surface area contributed by atoms with Crippen LogP contribution in [0.1, 0.15) is 15.9 Å². The highest BCUT2D eigenvalue weighted by molar-refractivity contribution is 6.35. The number of hydrogen-bond acceptors (Lipinski definition) is 6. The van der Waals surface area contributed by atoms with Gasteiger partial charge in [0.05, 0.1) is 20.4 Å². The number of anilines is 1. The lowest BCUT2D eigenvalue weighted by molar-refractivity contribution is -0.385. The predicted molar refractivity (Wildman–Crippen MR) is 132 cm³/mol. The molecule has 0 fully saturated rings. The van der Waals surface area contributed by atoms with E-state index in [-0.39, 0.29) is 49.0 Å². The summed E-state index contributed by atoms with van der Waals surface area (Å²) in [6, 6.07) is 12.8. The largest absolute Gasteiger partial charge is 0.321 e. The van der Waals surface area contributed by atoms with Gasteiger partial charge in [0.2, 0.25) is 0 Å². The summed E-state index contributed by atoms with van der Waals surface area (Å²) in [5, 5.41) is 27.4. The molecule has 2 N–H and O–H groups in total. The quantitative estimate of drug-likeness (QED) is 0.220. The first kappa shape index (κ1) is 25.6. The molecule has 0 aliphatic carbocycles. The first-order valence-electron chi connectivity index (χ1n) is 9.52. The van der Waals surface area contributed by atoms with Crippen molar-refractivity contribution in [2.24, 2.45) is 0 Å². The maximum absolute atomic E-state index is 13.0. The van der Waals surface area contributed by atoms with Gasteiger partial charge in [-0.05, 0) is 35.9 Å². The summed E-state index contributed by atoms with van der Waals surface area (Å²) in [6.45, 7) is 0. The molecule has 0 aliphatic rings.